The van der Waals surface area contributed by atoms with Crippen LogP contribution in [0.15, 0.2) is 40.8 Å². The molecule has 1 aliphatic rings. The van der Waals surface area contributed by atoms with E-state index in [2.05, 4.69) is 38.1 Å². The minimum Gasteiger partial charge on any atom is -0.477 e. The Kier molecular flexibility index (Phi) is 8.47. The molecule has 1 fully saturated rings. The molecule has 25 heavy (non-hydrogen) atoms. The lowest BCUT2D eigenvalue weighted by Crippen LogP contribution is -2.37. The molecule has 0 aromatic carbocycles. The van der Waals surface area contributed by atoms with Crippen LogP contribution in [0, 0.1) is 5.92 Å². The highest BCUT2D eigenvalue weighted by atomic mass is 127. The maximum absolute atomic E-state index is 5.73. The van der Waals surface area contributed by atoms with Gasteiger partial charge in [-0.3, -0.25) is 4.99 Å². The third-order valence-electron chi connectivity index (χ3n) is 3.89. The summed E-state index contributed by atoms with van der Waals surface area (Å²) in [4.78, 5) is 9.91. The van der Waals surface area contributed by atoms with Crippen LogP contribution in [0.3, 0.4) is 0 Å². The van der Waals surface area contributed by atoms with Gasteiger partial charge in [-0.15, -0.1) is 35.3 Å². The molecule has 7 heteroatoms. The maximum atomic E-state index is 5.73. The lowest BCUT2D eigenvalue weighted by Gasteiger charge is -2.12. The predicted molar refractivity (Wildman–Crippen MR) is 114 cm³/mol. The molecule has 2 heterocycles. The van der Waals surface area contributed by atoms with Crippen LogP contribution in [0.5, 0.6) is 5.88 Å². The normalized spacial score (nSPS) is 13.9. The van der Waals surface area contributed by atoms with Crippen molar-refractivity contribution in [2.75, 3.05) is 20.2 Å². The van der Waals surface area contributed by atoms with Crippen molar-refractivity contribution in [1.29, 1.82) is 0 Å². The molecule has 0 unspecified atom stereocenters. The average molecular weight is 472 g/mol. The third-order valence-corrected chi connectivity index (χ3v) is 4.83. The van der Waals surface area contributed by atoms with E-state index in [0.717, 1.165) is 37.0 Å². The molecule has 1 aliphatic carbocycles. The maximum Gasteiger partial charge on any atom is 0.213 e. The van der Waals surface area contributed by atoms with Crippen LogP contribution >= 0.6 is 35.3 Å². The van der Waals surface area contributed by atoms with Crippen LogP contribution in [0.25, 0.3) is 0 Å². The quantitative estimate of drug-likeness (QED) is 0.351. The summed E-state index contributed by atoms with van der Waals surface area (Å²) >= 11 is 1.78. The lowest BCUT2D eigenvalue weighted by atomic mass is 10.2. The minimum atomic E-state index is 0. The Bertz CT molecular complexity index is 659. The van der Waals surface area contributed by atoms with Crippen LogP contribution < -0.4 is 15.4 Å². The number of thiophene rings is 1. The van der Waals surface area contributed by atoms with Gasteiger partial charge in [0, 0.05) is 37.3 Å². The molecule has 0 aliphatic heterocycles. The largest absolute Gasteiger partial charge is 0.477 e. The summed E-state index contributed by atoms with van der Waals surface area (Å²) in [5, 5.41) is 8.77. The Hall–Kier alpha value is -1.35. The van der Waals surface area contributed by atoms with E-state index in [1.54, 1.807) is 24.6 Å². The van der Waals surface area contributed by atoms with Crippen molar-refractivity contribution in [1.82, 2.24) is 15.6 Å². The summed E-state index contributed by atoms with van der Waals surface area (Å²) in [6.45, 7) is 2.35. The van der Waals surface area contributed by atoms with Gasteiger partial charge in [-0.2, -0.15) is 0 Å². The van der Waals surface area contributed by atoms with Gasteiger partial charge in [0.15, 0.2) is 5.96 Å². The zero-order chi connectivity index (χ0) is 16.6. The van der Waals surface area contributed by atoms with Crippen molar-refractivity contribution in [2.24, 2.45) is 10.9 Å². The number of ether oxygens (including phenoxy) is 1. The SMILES string of the molecule is CN=C(NCCc1cccs1)NCc1ccnc(OCC2CC2)c1.I. The Labute approximate surface area is 170 Å². The van der Waals surface area contributed by atoms with E-state index in [4.69, 9.17) is 4.74 Å². The van der Waals surface area contributed by atoms with Crippen LogP contribution in [0.1, 0.15) is 23.3 Å². The minimum absolute atomic E-state index is 0. The third kappa shape index (κ3) is 7.19. The van der Waals surface area contributed by atoms with Gasteiger partial charge in [-0.1, -0.05) is 6.07 Å². The van der Waals surface area contributed by atoms with E-state index in [1.165, 1.54) is 17.7 Å². The predicted octanol–water partition coefficient (Wildman–Crippen LogP) is 3.46. The first-order valence-electron chi connectivity index (χ1n) is 8.38. The molecule has 1 saturated carbocycles. The number of hydrogen-bond acceptors (Lipinski definition) is 4. The molecule has 136 valence electrons. The number of nitrogens with zero attached hydrogens (tertiary/aromatic N) is 2. The standard InChI is InChI=1S/C18H24N4OS.HI/c1-19-18(21-9-7-16-3-2-10-24-16)22-12-15-6-8-20-17(11-15)23-13-14-4-5-14;/h2-3,6,8,10-11,14H,4-5,7,9,12-13H2,1H3,(H2,19,21,22);1H. The molecule has 0 atom stereocenters. The molecule has 5 nitrogen and oxygen atoms in total. The zero-order valence-electron chi connectivity index (χ0n) is 14.4. The van der Waals surface area contributed by atoms with Crippen molar-refractivity contribution in [3.05, 3.63) is 46.3 Å². The van der Waals surface area contributed by atoms with Crippen molar-refractivity contribution in [2.45, 2.75) is 25.8 Å². The monoisotopic (exact) mass is 472 g/mol. The van der Waals surface area contributed by atoms with Gasteiger partial charge in [0.1, 0.15) is 0 Å². The molecular formula is C18H25IN4OS. The first-order valence-corrected chi connectivity index (χ1v) is 9.26. The summed E-state index contributed by atoms with van der Waals surface area (Å²) in [6, 6.07) is 8.23. The number of halogens is 1. The van der Waals surface area contributed by atoms with Gasteiger partial charge in [0.2, 0.25) is 5.88 Å². The first kappa shape index (κ1) is 20.0. The Morgan fingerprint density at radius 3 is 2.96 bits per heavy atom. The van der Waals surface area contributed by atoms with E-state index in [0.29, 0.717) is 12.4 Å². The Balaban J connectivity index is 0.00000225. The second-order valence-electron chi connectivity index (χ2n) is 5.94. The highest BCUT2D eigenvalue weighted by molar-refractivity contribution is 14.0. The number of aliphatic imine (C=N–C) groups is 1. The fraction of sp³-hybridized carbons (Fsp3) is 0.444. The van der Waals surface area contributed by atoms with E-state index >= 15 is 0 Å². The van der Waals surface area contributed by atoms with Gasteiger partial charge < -0.3 is 15.4 Å². The van der Waals surface area contributed by atoms with Crippen molar-refractivity contribution in [3.8, 4) is 5.88 Å². The average Bonchev–Trinajstić information content (AvgIpc) is 3.30. The van der Waals surface area contributed by atoms with Crippen molar-refractivity contribution >= 4 is 41.3 Å². The van der Waals surface area contributed by atoms with Gasteiger partial charge in [0.05, 0.1) is 6.61 Å². The number of pyridine rings is 1. The van der Waals surface area contributed by atoms with Crippen LogP contribution in [0.4, 0.5) is 0 Å². The Morgan fingerprint density at radius 2 is 2.24 bits per heavy atom. The smallest absolute Gasteiger partial charge is 0.213 e. The van der Waals surface area contributed by atoms with Crippen molar-refractivity contribution < 1.29 is 4.74 Å². The van der Waals surface area contributed by atoms with E-state index < -0.39 is 0 Å². The summed E-state index contributed by atoms with van der Waals surface area (Å²) in [6.07, 6.45) is 5.38. The topological polar surface area (TPSA) is 58.5 Å². The molecule has 0 radical (unpaired) electrons. The molecule has 0 bridgehead atoms. The number of guanidine groups is 1. The first-order chi connectivity index (χ1) is 11.8. The van der Waals surface area contributed by atoms with Gasteiger partial charge in [-0.05, 0) is 48.3 Å². The molecule has 0 amide bonds. The molecule has 3 rings (SSSR count). The van der Waals surface area contributed by atoms with Crippen molar-refractivity contribution in [3.63, 3.8) is 0 Å². The number of hydrogen-bond donors (Lipinski definition) is 2. The Morgan fingerprint density at radius 1 is 1.36 bits per heavy atom. The zero-order valence-corrected chi connectivity index (χ0v) is 17.6. The molecule has 0 spiro atoms. The van der Waals surface area contributed by atoms with Gasteiger partial charge in [-0.25, -0.2) is 4.98 Å². The highest BCUT2D eigenvalue weighted by Gasteiger charge is 2.22. The summed E-state index contributed by atoms with van der Waals surface area (Å²) < 4.78 is 5.73. The second-order valence-corrected chi connectivity index (χ2v) is 6.97. The number of rotatable bonds is 8. The summed E-state index contributed by atoms with van der Waals surface area (Å²) in [7, 11) is 1.79. The molecule has 2 N–H and O–H groups in total. The molecule has 0 saturated heterocycles. The summed E-state index contributed by atoms with van der Waals surface area (Å²) in [5.74, 6) is 2.26. The highest BCUT2D eigenvalue weighted by Crippen LogP contribution is 2.29. The van der Waals surface area contributed by atoms with E-state index in [-0.39, 0.29) is 24.0 Å². The van der Waals surface area contributed by atoms with Crippen LogP contribution in [-0.4, -0.2) is 31.1 Å². The molecular weight excluding hydrogens is 447 g/mol. The summed E-state index contributed by atoms with van der Waals surface area (Å²) in [5.41, 5.74) is 1.14. The van der Waals surface area contributed by atoms with E-state index in [1.807, 2.05) is 12.1 Å². The lowest BCUT2D eigenvalue weighted by molar-refractivity contribution is 0.288. The van der Waals surface area contributed by atoms with Gasteiger partial charge >= 0.3 is 0 Å². The molecule has 2 aromatic heterocycles. The van der Waals surface area contributed by atoms with E-state index in [9.17, 15) is 0 Å². The molecule has 2 aromatic rings. The van der Waals surface area contributed by atoms with Crippen LogP contribution in [0.2, 0.25) is 0 Å². The number of aromatic nitrogens is 1. The number of nitrogens with one attached hydrogen (secondary N) is 2. The fourth-order valence-electron chi connectivity index (χ4n) is 2.29. The second kappa shape index (κ2) is 10.6. The fourth-order valence-corrected chi connectivity index (χ4v) is 3.00. The van der Waals surface area contributed by atoms with Gasteiger partial charge in [0.25, 0.3) is 0 Å². The van der Waals surface area contributed by atoms with Crippen LogP contribution in [-0.2, 0) is 13.0 Å².